The van der Waals surface area contributed by atoms with Crippen LogP contribution in [-0.4, -0.2) is 19.7 Å². The quantitative estimate of drug-likeness (QED) is 0.240. The highest BCUT2D eigenvalue weighted by Gasteiger charge is 2.21. The second kappa shape index (κ2) is 8.29. The van der Waals surface area contributed by atoms with Crippen molar-refractivity contribution in [1.29, 1.82) is 0 Å². The van der Waals surface area contributed by atoms with Crippen molar-refractivity contribution < 1.29 is 13.7 Å². The van der Waals surface area contributed by atoms with Crippen LogP contribution in [0.25, 0.3) is 0 Å². The summed E-state index contributed by atoms with van der Waals surface area (Å²) in [6.45, 7) is -1.92. The lowest BCUT2D eigenvalue weighted by atomic mass is 10.2. The van der Waals surface area contributed by atoms with Crippen molar-refractivity contribution in [2.75, 3.05) is 19.7 Å². The highest BCUT2D eigenvalue weighted by Crippen LogP contribution is 2.51. The van der Waals surface area contributed by atoms with E-state index in [1.54, 1.807) is 11.3 Å². The molecule has 0 radical (unpaired) electrons. The van der Waals surface area contributed by atoms with Gasteiger partial charge in [-0.25, -0.2) is 15.1 Å². The summed E-state index contributed by atoms with van der Waals surface area (Å²) in [5, 5.41) is 5.24. The van der Waals surface area contributed by atoms with Crippen molar-refractivity contribution in [3.8, 4) is 0 Å². The summed E-state index contributed by atoms with van der Waals surface area (Å²) in [7, 11) is 0. The zero-order valence-corrected chi connectivity index (χ0v) is 12.4. The van der Waals surface area contributed by atoms with Gasteiger partial charge in [-0.15, -0.1) is 11.3 Å². The maximum Gasteiger partial charge on any atom is 0.402 e. The second-order valence-electron chi connectivity index (χ2n) is 3.53. The zero-order valence-electron chi connectivity index (χ0n) is 9.82. The number of nitrogens with two attached hydrogens (primary N) is 2. The van der Waals surface area contributed by atoms with Crippen LogP contribution in [0.1, 0.15) is 17.3 Å². The predicted molar refractivity (Wildman–Crippen MR) is 76.6 cm³/mol. The van der Waals surface area contributed by atoms with Crippen molar-refractivity contribution in [2.45, 2.75) is 12.5 Å². The molecule has 6 nitrogen and oxygen atoms in total. The average Bonchev–Trinajstić information content (AvgIpc) is 2.87. The van der Waals surface area contributed by atoms with Gasteiger partial charge in [0.15, 0.2) is 0 Å². The third kappa shape index (κ3) is 5.81. The fourth-order valence-electron chi connectivity index (χ4n) is 1.31. The van der Waals surface area contributed by atoms with E-state index < -0.39 is 6.80 Å². The van der Waals surface area contributed by atoms with Crippen molar-refractivity contribution >= 4 is 30.4 Å². The Kier molecular flexibility index (Phi) is 7.43. The minimum absolute atomic E-state index is 0.0767. The summed E-state index contributed by atoms with van der Waals surface area (Å²) in [5.74, 6) is 4.83. The SMILES string of the molecule is NCCCNC(COP(=O)(S)ON)c1cccs1. The van der Waals surface area contributed by atoms with E-state index in [1.165, 1.54) is 0 Å². The Bertz CT molecular complexity index is 377. The van der Waals surface area contributed by atoms with Crippen molar-refractivity contribution in [3.05, 3.63) is 22.4 Å². The standard InChI is InChI=1S/C9H18N3O3PS2/c10-4-2-5-12-8(9-3-1-6-18-9)7-14-16(13,17)15-11/h1,3,6,8,12H,2,4-5,7,10-11H2,(H,13,17). The maximum atomic E-state index is 11.4. The lowest BCUT2D eigenvalue weighted by molar-refractivity contribution is 0.204. The predicted octanol–water partition coefficient (Wildman–Crippen LogP) is 1.67. The highest BCUT2D eigenvalue weighted by atomic mass is 32.7. The molecule has 0 spiro atoms. The molecule has 9 heteroatoms. The monoisotopic (exact) mass is 311 g/mol. The highest BCUT2D eigenvalue weighted by molar-refractivity contribution is 8.44. The van der Waals surface area contributed by atoms with Crippen molar-refractivity contribution in [1.82, 2.24) is 5.32 Å². The van der Waals surface area contributed by atoms with E-state index in [4.69, 9.17) is 16.2 Å². The van der Waals surface area contributed by atoms with Gasteiger partial charge in [0.05, 0.1) is 12.6 Å². The van der Waals surface area contributed by atoms with E-state index in [9.17, 15) is 4.57 Å². The van der Waals surface area contributed by atoms with Crippen LogP contribution in [0, 0.1) is 0 Å². The first-order chi connectivity index (χ1) is 8.59. The largest absolute Gasteiger partial charge is 0.402 e. The third-order valence-electron chi connectivity index (χ3n) is 2.20. The molecule has 5 N–H and O–H groups in total. The molecule has 0 aliphatic heterocycles. The smallest absolute Gasteiger partial charge is 0.330 e. The molecular formula is C9H18N3O3PS2. The van der Waals surface area contributed by atoms with E-state index in [-0.39, 0.29) is 12.6 Å². The van der Waals surface area contributed by atoms with E-state index in [2.05, 4.69) is 22.2 Å². The molecule has 1 heterocycles. The number of nitrogens with one attached hydrogen (secondary N) is 1. The molecule has 0 saturated heterocycles. The minimum Gasteiger partial charge on any atom is -0.330 e. The topological polar surface area (TPSA) is 99.6 Å². The molecule has 1 aromatic heterocycles. The summed E-state index contributed by atoms with van der Waals surface area (Å²) in [5.41, 5.74) is 5.44. The normalized spacial score (nSPS) is 16.4. The van der Waals surface area contributed by atoms with Gasteiger partial charge in [-0.3, -0.25) is 4.52 Å². The Morgan fingerprint density at radius 3 is 2.94 bits per heavy atom. The molecule has 0 bridgehead atoms. The molecule has 2 atom stereocenters. The summed E-state index contributed by atoms with van der Waals surface area (Å²) >= 11 is 5.30. The summed E-state index contributed by atoms with van der Waals surface area (Å²) < 4.78 is 20.7. The van der Waals surface area contributed by atoms with Crippen molar-refractivity contribution in [3.63, 3.8) is 0 Å². The summed E-state index contributed by atoms with van der Waals surface area (Å²) in [6.07, 6.45) is 0.855. The van der Waals surface area contributed by atoms with Crippen LogP contribution in [0.15, 0.2) is 17.5 Å². The Morgan fingerprint density at radius 2 is 2.39 bits per heavy atom. The molecule has 1 rings (SSSR count). The number of thiol groups is 1. The molecule has 0 aliphatic rings. The summed E-state index contributed by atoms with van der Waals surface area (Å²) in [6, 6.07) is 3.84. The van der Waals surface area contributed by atoms with Gasteiger partial charge in [-0.2, -0.15) is 0 Å². The van der Waals surface area contributed by atoms with Crippen LogP contribution in [0.2, 0.25) is 0 Å². The van der Waals surface area contributed by atoms with Gasteiger partial charge in [-0.05, 0) is 31.0 Å². The van der Waals surface area contributed by atoms with Gasteiger partial charge in [-0.1, -0.05) is 18.3 Å². The van der Waals surface area contributed by atoms with E-state index >= 15 is 0 Å². The van der Waals surface area contributed by atoms with Crippen LogP contribution in [0.4, 0.5) is 0 Å². The van der Waals surface area contributed by atoms with Gasteiger partial charge in [0.25, 0.3) is 0 Å². The molecule has 0 saturated carbocycles. The Hall–Kier alpha value is 0.0800. The van der Waals surface area contributed by atoms with Gasteiger partial charge in [0.2, 0.25) is 0 Å². The molecule has 0 amide bonds. The minimum atomic E-state index is -3.46. The number of hydrogen-bond acceptors (Lipinski definition) is 7. The molecule has 0 aromatic carbocycles. The first kappa shape index (κ1) is 16.1. The van der Waals surface area contributed by atoms with E-state index in [1.807, 2.05) is 17.5 Å². The van der Waals surface area contributed by atoms with Gasteiger partial charge >= 0.3 is 6.80 Å². The Morgan fingerprint density at radius 1 is 1.61 bits per heavy atom. The van der Waals surface area contributed by atoms with Crippen LogP contribution in [-0.2, 0) is 13.7 Å². The molecule has 1 aromatic rings. The van der Waals surface area contributed by atoms with Crippen LogP contribution in [0.5, 0.6) is 0 Å². The van der Waals surface area contributed by atoms with E-state index in [0.717, 1.165) is 17.8 Å². The van der Waals surface area contributed by atoms with Gasteiger partial charge in [0, 0.05) is 4.88 Å². The fourth-order valence-corrected chi connectivity index (χ4v) is 2.69. The number of rotatable bonds is 9. The molecule has 0 fully saturated rings. The fraction of sp³-hybridized carbons (Fsp3) is 0.556. The number of thiophene rings is 1. The van der Waals surface area contributed by atoms with Crippen molar-refractivity contribution in [2.24, 2.45) is 11.6 Å². The van der Waals surface area contributed by atoms with Crippen LogP contribution >= 0.6 is 30.4 Å². The van der Waals surface area contributed by atoms with Gasteiger partial charge < -0.3 is 11.1 Å². The molecular weight excluding hydrogens is 293 g/mol. The van der Waals surface area contributed by atoms with Crippen LogP contribution < -0.4 is 16.9 Å². The van der Waals surface area contributed by atoms with E-state index in [0.29, 0.717) is 6.54 Å². The Balaban J connectivity index is 2.53. The molecule has 2 unspecified atom stereocenters. The first-order valence-electron chi connectivity index (χ1n) is 5.41. The summed E-state index contributed by atoms with van der Waals surface area (Å²) in [4.78, 5) is 1.08. The Labute approximate surface area is 116 Å². The lowest BCUT2D eigenvalue weighted by Gasteiger charge is -2.18. The molecule has 104 valence electrons. The third-order valence-corrected chi connectivity index (χ3v) is 4.55. The second-order valence-corrected chi connectivity index (χ2v) is 7.39. The van der Waals surface area contributed by atoms with Crippen LogP contribution in [0.3, 0.4) is 0 Å². The molecule has 18 heavy (non-hydrogen) atoms. The lowest BCUT2D eigenvalue weighted by Crippen LogP contribution is -2.26. The maximum absolute atomic E-state index is 11.4. The van der Waals surface area contributed by atoms with Gasteiger partial charge in [0.1, 0.15) is 0 Å². The number of hydrogen-bond donors (Lipinski definition) is 4. The zero-order chi connectivity index (χ0) is 13.4. The average molecular weight is 311 g/mol. The first-order valence-corrected chi connectivity index (χ1v) is 8.99. The molecule has 0 aliphatic carbocycles.